The zero-order valence-corrected chi connectivity index (χ0v) is 19.8. The van der Waals surface area contributed by atoms with Crippen molar-refractivity contribution in [2.24, 2.45) is 5.92 Å². The second kappa shape index (κ2) is 11.0. The van der Waals surface area contributed by atoms with Gasteiger partial charge in [0.15, 0.2) is 0 Å². The molecule has 0 radical (unpaired) electrons. The average Bonchev–Trinajstić information content (AvgIpc) is 2.41. The third-order valence-electron chi connectivity index (χ3n) is 4.45. The first-order chi connectivity index (χ1) is 9.06. The van der Waals surface area contributed by atoms with Gasteiger partial charge in [-0.05, 0) is 0 Å². The molecule has 19 heavy (non-hydrogen) atoms. The fraction of sp³-hybridized carbons (Fsp3) is 0.882. The molecule has 0 spiro atoms. The summed E-state index contributed by atoms with van der Waals surface area (Å²) in [6.45, 7) is 14.1. The van der Waals surface area contributed by atoms with Crippen LogP contribution < -0.4 is 0 Å². The molecule has 2 atom stereocenters. The van der Waals surface area contributed by atoms with Gasteiger partial charge in [-0.25, -0.2) is 0 Å². The van der Waals surface area contributed by atoms with Crippen LogP contribution in [-0.4, -0.2) is 29.1 Å². The van der Waals surface area contributed by atoms with E-state index in [0.29, 0.717) is 26.0 Å². The molecule has 0 aliphatic rings. The molecule has 0 aromatic rings. The van der Waals surface area contributed by atoms with Crippen LogP contribution in [0.1, 0.15) is 79.1 Å². The molecule has 2 unspecified atom stereocenters. The van der Waals surface area contributed by atoms with E-state index in [9.17, 15) is 0 Å². The summed E-state index contributed by atoms with van der Waals surface area (Å²) in [4.78, 5) is 0. The van der Waals surface area contributed by atoms with Crippen molar-refractivity contribution in [2.75, 3.05) is 6.61 Å². The molecule has 114 valence electrons. The Bertz CT molecular complexity index is 239. The van der Waals surface area contributed by atoms with Crippen LogP contribution in [0.4, 0.5) is 0 Å². The van der Waals surface area contributed by atoms with E-state index >= 15 is 0 Å². The Morgan fingerprint density at radius 3 is 2.16 bits per heavy atom. The summed E-state index contributed by atoms with van der Waals surface area (Å²) in [5.41, 5.74) is 0. The Labute approximate surface area is 134 Å². The van der Waals surface area contributed by atoms with Crippen LogP contribution in [0.15, 0.2) is 12.3 Å². The molecular weight excluding hydrogens is 339 g/mol. The van der Waals surface area contributed by atoms with Crippen molar-refractivity contribution in [2.45, 2.75) is 82.5 Å². The molecule has 2 heteroatoms. The number of hydrogen-bond donors (Lipinski definition) is 0. The third kappa shape index (κ3) is 6.55. The van der Waals surface area contributed by atoms with E-state index in [2.05, 4.69) is 34.3 Å². The molecule has 0 amide bonds. The van der Waals surface area contributed by atoms with Crippen LogP contribution in [-0.2, 0) is 4.74 Å². The SMILES string of the molecule is C=C(OCC)[C]([SnH3])(CCCC)C(CCC)CCCC. The van der Waals surface area contributed by atoms with Gasteiger partial charge in [0.25, 0.3) is 0 Å². The number of rotatable bonds is 12. The minimum atomic E-state index is 0.374. The average molecular weight is 375 g/mol. The molecule has 0 saturated heterocycles. The third-order valence-corrected chi connectivity index (χ3v) is 9.80. The number of unbranched alkanes of at least 4 members (excludes halogenated alkanes) is 2. The van der Waals surface area contributed by atoms with Crippen LogP contribution in [0.3, 0.4) is 0 Å². The van der Waals surface area contributed by atoms with Crippen molar-refractivity contribution in [1.29, 1.82) is 0 Å². The Morgan fingerprint density at radius 2 is 1.68 bits per heavy atom. The monoisotopic (exact) mass is 376 g/mol. The maximum absolute atomic E-state index is 5.87. The van der Waals surface area contributed by atoms with Crippen molar-refractivity contribution in [1.82, 2.24) is 0 Å². The van der Waals surface area contributed by atoms with Gasteiger partial charge in [0.1, 0.15) is 0 Å². The van der Waals surface area contributed by atoms with Crippen LogP contribution in [0.2, 0.25) is 3.43 Å². The second-order valence-corrected chi connectivity index (χ2v) is 11.1. The van der Waals surface area contributed by atoms with E-state index in [4.69, 9.17) is 4.74 Å². The van der Waals surface area contributed by atoms with Gasteiger partial charge in [-0.2, -0.15) is 0 Å². The van der Waals surface area contributed by atoms with Crippen LogP contribution >= 0.6 is 0 Å². The molecule has 0 aliphatic carbocycles. The molecule has 0 bridgehead atoms. The van der Waals surface area contributed by atoms with Crippen molar-refractivity contribution in [3.8, 4) is 0 Å². The predicted molar refractivity (Wildman–Crippen MR) is 90.8 cm³/mol. The van der Waals surface area contributed by atoms with Crippen LogP contribution in [0.25, 0.3) is 0 Å². The zero-order valence-electron chi connectivity index (χ0n) is 14.1. The first kappa shape index (κ1) is 19.3. The van der Waals surface area contributed by atoms with Crippen molar-refractivity contribution in [3.63, 3.8) is 0 Å². The van der Waals surface area contributed by atoms with Gasteiger partial charge in [-0.15, -0.1) is 0 Å². The summed E-state index contributed by atoms with van der Waals surface area (Å²) in [5, 5.41) is 0. The summed E-state index contributed by atoms with van der Waals surface area (Å²) in [5.74, 6) is 1.94. The Morgan fingerprint density at radius 1 is 1.05 bits per heavy atom. The summed E-state index contributed by atoms with van der Waals surface area (Å²) in [7, 11) is 0. The number of allylic oxidation sites excluding steroid dienone is 1. The van der Waals surface area contributed by atoms with E-state index < -0.39 is 0 Å². The molecule has 1 nitrogen and oxygen atoms in total. The molecule has 0 aromatic heterocycles. The Kier molecular flexibility index (Phi) is 11.2. The van der Waals surface area contributed by atoms with Gasteiger partial charge < -0.3 is 0 Å². The van der Waals surface area contributed by atoms with Gasteiger partial charge in [0.2, 0.25) is 0 Å². The molecule has 0 saturated carbocycles. The zero-order chi connectivity index (χ0) is 14.7. The van der Waals surface area contributed by atoms with Gasteiger partial charge >= 0.3 is 135 Å². The first-order valence-electron chi connectivity index (χ1n) is 8.38. The second-order valence-electron chi connectivity index (χ2n) is 6.01. The van der Waals surface area contributed by atoms with E-state index in [1.54, 1.807) is 0 Å². The fourth-order valence-corrected chi connectivity index (χ4v) is 6.10. The number of hydrogen-bond acceptors (Lipinski definition) is 1. The maximum atomic E-state index is 5.87. The fourth-order valence-electron chi connectivity index (χ4n) is 3.03. The molecule has 0 fully saturated rings. The van der Waals surface area contributed by atoms with Gasteiger partial charge in [0.05, 0.1) is 0 Å². The van der Waals surface area contributed by atoms with Gasteiger partial charge in [0, 0.05) is 0 Å². The topological polar surface area (TPSA) is 9.23 Å². The molecular formula is C17H36OSn. The standard InChI is InChI=1S/C17H33O.Sn.3H/c1-6-10-13-16(12-8-3)17(14-11-7-2)15(5)18-9-4;;;;/h16H,5-14H2,1-4H3;;;;. The summed E-state index contributed by atoms with van der Waals surface area (Å²) in [6.07, 6.45) is 10.6. The van der Waals surface area contributed by atoms with Crippen molar-refractivity contribution in [3.05, 3.63) is 12.3 Å². The van der Waals surface area contributed by atoms with E-state index in [-0.39, 0.29) is 0 Å². The van der Waals surface area contributed by atoms with E-state index in [1.807, 2.05) is 0 Å². The summed E-state index contributed by atoms with van der Waals surface area (Å²) >= 11 is 0.548. The first-order valence-corrected chi connectivity index (χ1v) is 11.2. The Hall–Kier alpha value is 0.339. The molecule has 0 rings (SSSR count). The molecule has 0 N–H and O–H groups in total. The number of ether oxygens (including phenoxy) is 1. The molecule has 0 heterocycles. The predicted octanol–water partition coefficient (Wildman–Crippen LogP) is 4.86. The van der Waals surface area contributed by atoms with E-state index in [0.717, 1.165) is 18.3 Å². The summed E-state index contributed by atoms with van der Waals surface area (Å²) < 4.78 is 6.24. The van der Waals surface area contributed by atoms with Crippen LogP contribution in [0, 0.1) is 5.92 Å². The van der Waals surface area contributed by atoms with Crippen LogP contribution in [0.5, 0.6) is 0 Å². The van der Waals surface area contributed by atoms with Gasteiger partial charge in [-0.3, -0.25) is 0 Å². The van der Waals surface area contributed by atoms with E-state index in [1.165, 1.54) is 51.4 Å². The van der Waals surface area contributed by atoms with Crippen molar-refractivity contribution >= 4 is 22.5 Å². The normalized spacial score (nSPS) is 16.0. The van der Waals surface area contributed by atoms with Crippen molar-refractivity contribution < 1.29 is 4.74 Å². The quantitative estimate of drug-likeness (QED) is 0.350. The Balaban J connectivity index is 4.95. The minimum absolute atomic E-state index is 0.374. The molecule has 0 aliphatic heterocycles. The van der Waals surface area contributed by atoms with Gasteiger partial charge in [-0.1, -0.05) is 0 Å². The molecule has 0 aromatic carbocycles. The summed E-state index contributed by atoms with van der Waals surface area (Å²) in [6, 6.07) is 0.